The summed E-state index contributed by atoms with van der Waals surface area (Å²) in [5.74, 6) is 2.06. The summed E-state index contributed by atoms with van der Waals surface area (Å²) in [4.78, 5) is 2.60. The lowest BCUT2D eigenvalue weighted by Gasteiger charge is -2.62. The average molecular weight is 484 g/mol. The van der Waals surface area contributed by atoms with Crippen LogP contribution in [-0.4, -0.2) is 54.1 Å². The quantitative estimate of drug-likeness (QED) is 0.427. The van der Waals surface area contributed by atoms with E-state index < -0.39 is 5.60 Å². The number of epoxide rings is 1. The van der Waals surface area contributed by atoms with Gasteiger partial charge in [-0.15, -0.1) is 0 Å². The zero-order valence-corrected chi connectivity index (χ0v) is 21.8. The maximum atomic E-state index is 12.0. The second kappa shape index (κ2) is 8.06. The van der Waals surface area contributed by atoms with E-state index in [0.717, 1.165) is 30.9 Å². The third kappa shape index (κ3) is 3.14. The lowest BCUT2D eigenvalue weighted by Crippen LogP contribution is -2.61. The van der Waals surface area contributed by atoms with Gasteiger partial charge >= 0.3 is 0 Å². The van der Waals surface area contributed by atoms with Crippen molar-refractivity contribution in [2.45, 2.75) is 108 Å². The number of aliphatic hydroxyl groups is 1. The minimum Gasteiger partial charge on any atom is -0.472 e. The topological polar surface area (TPSA) is 58.4 Å². The first-order chi connectivity index (χ1) is 16.9. The Labute approximate surface area is 210 Å². The van der Waals surface area contributed by atoms with Gasteiger partial charge in [0.05, 0.1) is 24.7 Å². The van der Waals surface area contributed by atoms with E-state index in [1.54, 1.807) is 12.5 Å². The van der Waals surface area contributed by atoms with E-state index in [9.17, 15) is 5.11 Å². The van der Waals surface area contributed by atoms with Gasteiger partial charge in [-0.25, -0.2) is 0 Å². The van der Waals surface area contributed by atoms with Crippen LogP contribution in [0.4, 0.5) is 0 Å². The minimum absolute atomic E-state index is 0.140. The fourth-order valence-electron chi connectivity index (χ4n) is 10.3. The SMILES string of the molecule is C[C@]12CC[C@H](OCCCN3CCCC3)C[C@H]1CC[C@@H]1[C@@H]2CC[C@@]2(C)[C@@]13O[C@@H]3C[C@]2(O)c1ccoc1. The lowest BCUT2D eigenvalue weighted by molar-refractivity contribution is -0.195. The number of furan rings is 1. The molecule has 6 aliphatic rings. The van der Waals surface area contributed by atoms with Crippen molar-refractivity contribution >= 4 is 0 Å². The third-order valence-corrected chi connectivity index (χ3v) is 12.3. The Hall–Kier alpha value is -0.880. The van der Waals surface area contributed by atoms with Gasteiger partial charge in [0.2, 0.25) is 0 Å². The molecule has 1 aromatic rings. The Bertz CT molecular complexity index is 929. The van der Waals surface area contributed by atoms with Crippen molar-refractivity contribution in [3.8, 4) is 0 Å². The van der Waals surface area contributed by atoms with Gasteiger partial charge < -0.3 is 23.9 Å². The average Bonchev–Trinajstić information content (AvgIpc) is 3.28. The Balaban J connectivity index is 1.03. The molecule has 194 valence electrons. The molecular formula is C30H45NO4. The number of ether oxygens (including phenoxy) is 2. The molecule has 7 rings (SSSR count). The fourth-order valence-corrected chi connectivity index (χ4v) is 10.3. The first kappa shape index (κ1) is 23.3. The molecule has 6 fully saturated rings. The molecule has 0 aromatic carbocycles. The second-order valence-corrected chi connectivity index (χ2v) is 13.5. The molecule has 4 saturated carbocycles. The van der Waals surface area contributed by atoms with Crippen molar-refractivity contribution in [3.63, 3.8) is 0 Å². The zero-order chi connectivity index (χ0) is 23.9. The second-order valence-electron chi connectivity index (χ2n) is 13.5. The molecule has 9 atom stereocenters. The Morgan fingerprint density at radius 3 is 2.74 bits per heavy atom. The molecule has 1 aromatic heterocycles. The number of nitrogens with zero attached hydrogens (tertiary/aromatic N) is 1. The summed E-state index contributed by atoms with van der Waals surface area (Å²) in [6, 6.07) is 1.97. The molecule has 0 radical (unpaired) electrons. The summed E-state index contributed by atoms with van der Waals surface area (Å²) in [6.45, 7) is 9.65. The monoisotopic (exact) mass is 483 g/mol. The van der Waals surface area contributed by atoms with E-state index in [2.05, 4.69) is 18.7 Å². The Kier molecular flexibility index (Phi) is 5.35. The number of hydrogen-bond acceptors (Lipinski definition) is 5. The normalized spacial score (nSPS) is 50.9. The fraction of sp³-hybridized carbons (Fsp3) is 0.867. The van der Waals surface area contributed by atoms with E-state index in [1.165, 1.54) is 77.4 Å². The van der Waals surface area contributed by atoms with Gasteiger partial charge in [0, 0.05) is 30.6 Å². The van der Waals surface area contributed by atoms with Gasteiger partial charge in [-0.3, -0.25) is 0 Å². The highest BCUT2D eigenvalue weighted by Gasteiger charge is 2.84. The summed E-state index contributed by atoms with van der Waals surface area (Å²) >= 11 is 0. The summed E-state index contributed by atoms with van der Waals surface area (Å²) in [6.07, 6.45) is 17.3. The molecule has 2 aliphatic heterocycles. The largest absolute Gasteiger partial charge is 0.472 e. The van der Waals surface area contributed by atoms with E-state index in [1.807, 2.05) is 6.07 Å². The van der Waals surface area contributed by atoms with Crippen LogP contribution in [0.25, 0.3) is 0 Å². The third-order valence-electron chi connectivity index (χ3n) is 12.3. The van der Waals surface area contributed by atoms with Crippen LogP contribution in [0.3, 0.4) is 0 Å². The summed E-state index contributed by atoms with van der Waals surface area (Å²) in [5, 5.41) is 12.0. The van der Waals surface area contributed by atoms with Crippen molar-refractivity contribution in [2.24, 2.45) is 28.6 Å². The highest BCUT2D eigenvalue weighted by molar-refractivity contribution is 5.37. The number of rotatable bonds is 6. The molecule has 5 nitrogen and oxygen atoms in total. The zero-order valence-electron chi connectivity index (χ0n) is 21.8. The van der Waals surface area contributed by atoms with Crippen molar-refractivity contribution in [3.05, 3.63) is 24.2 Å². The Morgan fingerprint density at radius 2 is 1.94 bits per heavy atom. The highest BCUT2D eigenvalue weighted by Crippen LogP contribution is 2.79. The first-order valence-corrected chi connectivity index (χ1v) is 14.7. The number of fused-ring (bicyclic) bond motifs is 3. The van der Waals surface area contributed by atoms with Crippen molar-refractivity contribution in [2.75, 3.05) is 26.2 Å². The molecule has 5 heteroatoms. The maximum absolute atomic E-state index is 12.0. The van der Waals surface area contributed by atoms with Crippen LogP contribution < -0.4 is 0 Å². The predicted molar refractivity (Wildman–Crippen MR) is 134 cm³/mol. The van der Waals surface area contributed by atoms with Crippen molar-refractivity contribution in [1.82, 2.24) is 4.90 Å². The van der Waals surface area contributed by atoms with E-state index in [0.29, 0.717) is 23.4 Å². The molecule has 4 aliphatic carbocycles. The van der Waals surface area contributed by atoms with E-state index >= 15 is 0 Å². The maximum Gasteiger partial charge on any atom is 0.106 e. The van der Waals surface area contributed by atoms with Crippen molar-refractivity contribution < 1.29 is 19.0 Å². The van der Waals surface area contributed by atoms with Crippen LogP contribution in [0.5, 0.6) is 0 Å². The minimum atomic E-state index is -0.827. The van der Waals surface area contributed by atoms with E-state index in [4.69, 9.17) is 13.9 Å². The number of likely N-dealkylation sites (tertiary alicyclic amines) is 1. The van der Waals surface area contributed by atoms with Gasteiger partial charge in [-0.05, 0) is 107 Å². The van der Waals surface area contributed by atoms with Gasteiger partial charge in [-0.1, -0.05) is 13.8 Å². The van der Waals surface area contributed by atoms with Crippen LogP contribution in [0, 0.1) is 28.6 Å². The lowest BCUT2D eigenvalue weighted by atomic mass is 9.43. The molecule has 1 N–H and O–H groups in total. The summed E-state index contributed by atoms with van der Waals surface area (Å²) in [7, 11) is 0. The van der Waals surface area contributed by atoms with Gasteiger partial charge in [0.1, 0.15) is 11.2 Å². The van der Waals surface area contributed by atoms with Crippen LogP contribution >= 0.6 is 0 Å². The molecular weight excluding hydrogens is 438 g/mol. The van der Waals surface area contributed by atoms with Gasteiger partial charge in [-0.2, -0.15) is 0 Å². The summed E-state index contributed by atoms with van der Waals surface area (Å²) < 4.78 is 18.5. The standard InChI is InChI=1S/C30H45NO4/c1-27-11-8-23(34-16-5-15-31-13-3-4-14-31)18-21(27)6-7-25-24(27)9-12-28(2)29(32,22-10-17-33-20-22)19-26-30(25,28)35-26/h10,17,20-21,23-26,32H,3-9,11-16,18-19H2,1-2H3/t21-,23+,24+,25-,26-,27+,28-,29+,30-/m1/s1. The van der Waals surface area contributed by atoms with Crippen molar-refractivity contribution in [1.29, 1.82) is 0 Å². The smallest absolute Gasteiger partial charge is 0.106 e. The summed E-state index contributed by atoms with van der Waals surface area (Å²) in [5.41, 5.74) is 0.150. The molecule has 1 spiro atoms. The molecule has 35 heavy (non-hydrogen) atoms. The first-order valence-electron chi connectivity index (χ1n) is 14.7. The van der Waals surface area contributed by atoms with Gasteiger partial charge in [0.15, 0.2) is 0 Å². The van der Waals surface area contributed by atoms with Crippen LogP contribution in [0.2, 0.25) is 0 Å². The molecule has 0 unspecified atom stereocenters. The van der Waals surface area contributed by atoms with Crippen LogP contribution in [-0.2, 0) is 15.1 Å². The Morgan fingerprint density at radius 1 is 1.09 bits per heavy atom. The van der Waals surface area contributed by atoms with Crippen LogP contribution in [0.15, 0.2) is 23.0 Å². The molecule has 0 amide bonds. The van der Waals surface area contributed by atoms with E-state index in [-0.39, 0.29) is 17.1 Å². The predicted octanol–water partition coefficient (Wildman–Crippen LogP) is 5.51. The van der Waals surface area contributed by atoms with Crippen LogP contribution in [0.1, 0.15) is 90.0 Å². The number of hydrogen-bond donors (Lipinski definition) is 1. The van der Waals surface area contributed by atoms with Gasteiger partial charge in [0.25, 0.3) is 0 Å². The molecule has 0 bridgehead atoms. The molecule has 2 saturated heterocycles. The highest BCUT2D eigenvalue weighted by atomic mass is 16.6. The molecule has 3 heterocycles.